The maximum absolute atomic E-state index is 13.3. The number of piperidine rings is 1. The number of halogens is 1. The van der Waals surface area contributed by atoms with Crippen LogP contribution in [0, 0.1) is 0 Å². The summed E-state index contributed by atoms with van der Waals surface area (Å²) in [6.07, 6.45) is 16.4. The molecule has 14 nitrogen and oxygen atoms in total. The highest BCUT2D eigenvalue weighted by Gasteiger charge is 2.42. The fraction of sp³-hybridized carbons (Fsp3) is 0.532. The van der Waals surface area contributed by atoms with Gasteiger partial charge in [0.05, 0.1) is 13.3 Å². The lowest BCUT2D eigenvalue weighted by atomic mass is 10.00. The Hall–Kier alpha value is -5.37. The molecule has 2 fully saturated rings. The molecule has 15 heteroatoms. The first-order chi connectivity index (χ1) is 29.6. The highest BCUT2D eigenvalue weighted by atomic mass is 35.5. The van der Waals surface area contributed by atoms with Crippen LogP contribution in [0.1, 0.15) is 154 Å². The number of methoxy groups -OCH3 is 1. The number of unbranched alkanes of at least 4 members (excludes halogenated alkanes) is 7. The Labute approximate surface area is 370 Å². The predicted octanol–water partition coefficient (Wildman–Crippen LogP) is 7.49. The summed E-state index contributed by atoms with van der Waals surface area (Å²) < 4.78 is 5.75. The number of carbonyl (C=O) groups is 6. The quantitative estimate of drug-likeness (QED) is 0.0699. The molecular weight excluding hydrogens is 810 g/mol. The number of aromatic nitrogens is 2. The van der Waals surface area contributed by atoms with E-state index in [4.69, 9.17) is 9.72 Å². The Morgan fingerprint density at radius 1 is 0.919 bits per heavy atom. The molecule has 0 radical (unpaired) electrons. The number of ketones is 1. The summed E-state index contributed by atoms with van der Waals surface area (Å²) in [5.41, 5.74) is 4.03. The molecule has 1 unspecified atom stereocenters. The molecule has 0 bridgehead atoms. The van der Waals surface area contributed by atoms with Gasteiger partial charge < -0.3 is 24.8 Å². The summed E-state index contributed by atoms with van der Waals surface area (Å²) in [5.74, 6) is 1.13. The van der Waals surface area contributed by atoms with Crippen molar-refractivity contribution in [2.45, 2.75) is 147 Å². The number of fused-ring (bicyclic) bond motifs is 2. The van der Waals surface area contributed by atoms with Gasteiger partial charge in [-0.05, 0) is 56.7 Å². The molecule has 332 valence electrons. The van der Waals surface area contributed by atoms with Gasteiger partial charge >= 0.3 is 0 Å². The topological polar surface area (TPSA) is 171 Å². The minimum atomic E-state index is -0.701. The molecule has 5 amide bonds. The van der Waals surface area contributed by atoms with Crippen LogP contribution in [-0.4, -0.2) is 82.5 Å². The molecule has 1 saturated carbocycles. The monoisotopic (exact) mass is 869 g/mol. The van der Waals surface area contributed by atoms with E-state index in [2.05, 4.69) is 27.4 Å². The molecule has 3 aliphatic heterocycles. The molecule has 4 heterocycles. The Kier molecular flexibility index (Phi) is 15.7. The number of imide groups is 1. The van der Waals surface area contributed by atoms with Crippen molar-refractivity contribution in [3.05, 3.63) is 70.7 Å². The van der Waals surface area contributed by atoms with Gasteiger partial charge in [-0.1, -0.05) is 76.5 Å². The van der Waals surface area contributed by atoms with Gasteiger partial charge in [0.25, 0.3) is 5.91 Å². The number of hydrogen-bond acceptors (Lipinski definition) is 10. The highest BCUT2D eigenvalue weighted by Crippen LogP contribution is 2.40. The van der Waals surface area contributed by atoms with E-state index in [0.29, 0.717) is 59.3 Å². The predicted molar refractivity (Wildman–Crippen MR) is 239 cm³/mol. The fourth-order valence-corrected chi connectivity index (χ4v) is 9.43. The second-order valence-corrected chi connectivity index (χ2v) is 16.9. The lowest BCUT2D eigenvalue weighted by Crippen LogP contribution is -2.55. The number of hydrogen-bond donors (Lipinski definition) is 2. The summed E-state index contributed by atoms with van der Waals surface area (Å²) >= 11 is 0. The zero-order valence-electron chi connectivity index (χ0n) is 36.2. The summed E-state index contributed by atoms with van der Waals surface area (Å²) in [7, 11) is 3.42. The molecule has 0 spiro atoms. The number of benzene rings is 2. The maximum atomic E-state index is 13.3. The molecule has 62 heavy (non-hydrogen) atoms. The normalized spacial score (nSPS) is 18.7. The number of Topliss-reactive ketones (excluding diaryl/α,β-unsaturated/α-hetero) is 1. The van der Waals surface area contributed by atoms with Crippen molar-refractivity contribution in [1.82, 2.24) is 20.2 Å². The third-order valence-electron chi connectivity index (χ3n) is 12.8. The molecule has 4 aliphatic rings. The first-order valence-corrected chi connectivity index (χ1v) is 22.3. The molecule has 2 aromatic carbocycles. The van der Waals surface area contributed by atoms with Crippen LogP contribution in [0.3, 0.4) is 0 Å². The van der Waals surface area contributed by atoms with E-state index in [-0.39, 0.29) is 67.2 Å². The maximum Gasteiger partial charge on any atom is 0.255 e. The molecule has 1 aliphatic carbocycles. The lowest BCUT2D eigenvalue weighted by molar-refractivity contribution is -0.137. The van der Waals surface area contributed by atoms with Gasteiger partial charge in [-0.2, -0.15) is 0 Å². The van der Waals surface area contributed by atoms with E-state index < -0.39 is 11.9 Å². The van der Waals surface area contributed by atoms with E-state index in [1.54, 1.807) is 43.5 Å². The summed E-state index contributed by atoms with van der Waals surface area (Å²) in [6.45, 7) is 2.27. The summed E-state index contributed by atoms with van der Waals surface area (Å²) in [5, 5.41) is 5.29. The second kappa shape index (κ2) is 21.1. The number of ether oxygens (including phenoxy) is 1. The van der Waals surface area contributed by atoms with E-state index in [1.165, 1.54) is 4.90 Å². The van der Waals surface area contributed by atoms with Crippen molar-refractivity contribution in [2.75, 3.05) is 29.3 Å². The Morgan fingerprint density at radius 3 is 2.32 bits per heavy atom. The first-order valence-electron chi connectivity index (χ1n) is 22.3. The number of likely N-dealkylation sites (N-methyl/N-ethyl adjacent to an activating group) is 1. The highest BCUT2D eigenvalue weighted by molar-refractivity contribution is 6.07. The van der Waals surface area contributed by atoms with Crippen molar-refractivity contribution in [1.29, 1.82) is 0 Å². The Morgan fingerprint density at radius 2 is 1.63 bits per heavy atom. The first kappa shape index (κ1) is 46.1. The van der Waals surface area contributed by atoms with Crippen molar-refractivity contribution in [3.8, 4) is 5.75 Å². The van der Waals surface area contributed by atoms with Crippen molar-refractivity contribution < 1.29 is 33.5 Å². The average Bonchev–Trinajstić information content (AvgIpc) is 3.91. The van der Waals surface area contributed by atoms with Crippen LogP contribution in [0.4, 0.5) is 17.2 Å². The fourth-order valence-electron chi connectivity index (χ4n) is 9.43. The van der Waals surface area contributed by atoms with Crippen LogP contribution in [0.15, 0.2) is 42.6 Å². The molecule has 3 aromatic rings. The minimum Gasteiger partial charge on any atom is -0.496 e. The third-order valence-corrected chi connectivity index (χ3v) is 12.8. The van der Waals surface area contributed by atoms with Crippen LogP contribution in [-0.2, 0) is 32.1 Å². The van der Waals surface area contributed by atoms with E-state index in [9.17, 15) is 28.8 Å². The molecule has 2 N–H and O–H groups in total. The SMILES string of the molecule is CC[C@@H]1C(=O)N(C)c2cnc(Cc3ccc(C(=O)CCCCCCCCCCC(=O)Nc4cccc5c4CN(C4CCC(=O)NC4=O)C5=O)cc3OC)nc2N1C1CCCC1.Cl. The Balaban J connectivity index is 0.00000641. The number of carbonyl (C=O) groups excluding carboxylic acids is 6. The zero-order valence-corrected chi connectivity index (χ0v) is 37.0. The number of anilines is 3. The molecule has 2 atom stereocenters. The van der Waals surface area contributed by atoms with E-state index >= 15 is 0 Å². The largest absolute Gasteiger partial charge is 0.496 e. The molecule has 1 saturated heterocycles. The van der Waals surface area contributed by atoms with E-state index in [0.717, 1.165) is 101 Å². The van der Waals surface area contributed by atoms with Gasteiger partial charge in [-0.15, -0.1) is 12.4 Å². The molecule has 1 aromatic heterocycles. The van der Waals surface area contributed by atoms with Gasteiger partial charge in [0.1, 0.15) is 29.3 Å². The lowest BCUT2D eigenvalue weighted by Gasteiger charge is -2.43. The van der Waals surface area contributed by atoms with Gasteiger partial charge in [0.2, 0.25) is 23.6 Å². The van der Waals surface area contributed by atoms with Gasteiger partial charge in [0, 0.05) is 73.3 Å². The molecular formula is C47H60ClN7O7. The smallest absolute Gasteiger partial charge is 0.255 e. The van der Waals surface area contributed by atoms with Crippen LogP contribution in [0.2, 0.25) is 0 Å². The van der Waals surface area contributed by atoms with Crippen molar-refractivity contribution in [3.63, 3.8) is 0 Å². The van der Waals surface area contributed by atoms with Gasteiger partial charge in [-0.3, -0.25) is 34.1 Å². The molecule has 7 rings (SSSR count). The van der Waals surface area contributed by atoms with Gasteiger partial charge in [0.15, 0.2) is 11.6 Å². The number of nitrogens with one attached hydrogen (secondary N) is 2. The minimum absolute atomic E-state index is 0. The van der Waals surface area contributed by atoms with E-state index in [1.807, 2.05) is 18.2 Å². The Bertz CT molecular complexity index is 2160. The zero-order chi connectivity index (χ0) is 43.0. The van der Waals surface area contributed by atoms with Crippen LogP contribution in [0.25, 0.3) is 0 Å². The van der Waals surface area contributed by atoms with Crippen LogP contribution < -0.4 is 25.2 Å². The number of rotatable bonds is 19. The average molecular weight is 870 g/mol. The number of amides is 5. The second-order valence-electron chi connectivity index (χ2n) is 16.9. The van der Waals surface area contributed by atoms with Crippen LogP contribution >= 0.6 is 12.4 Å². The van der Waals surface area contributed by atoms with Gasteiger partial charge in [-0.25, -0.2) is 9.97 Å². The third kappa shape index (κ3) is 10.3. The number of nitrogens with zero attached hydrogens (tertiary/aromatic N) is 5. The van der Waals surface area contributed by atoms with Crippen LogP contribution in [0.5, 0.6) is 5.75 Å². The van der Waals surface area contributed by atoms with Crippen molar-refractivity contribution in [2.24, 2.45) is 0 Å². The summed E-state index contributed by atoms with van der Waals surface area (Å²) in [6, 6.07) is 10.2. The standard InChI is InChI=1S/C47H59N7O7.ClH/c1-4-36-47(60)52(2)38-28-48-41(50-44(38)54(36)32-16-13-14-17-32)27-31-23-22-30(26-40(31)61-3)39(55)20-11-9-7-5-6-8-10-12-21-42(56)49-35-19-15-18-33-34(35)29-53(46(33)59)37-24-25-43(57)51-45(37)58;/h15,18-19,22-23,26,28,32,36-37H,4-14,16-17,20-21,24-25,27,29H2,1-3H3,(H,49,56)(H,51,57,58);1H/t36-,37?;/m1./s1. The summed E-state index contributed by atoms with van der Waals surface area (Å²) in [4.78, 5) is 91.5. The van der Waals surface area contributed by atoms with Crippen molar-refractivity contribution >= 4 is 64.9 Å².